The predicted molar refractivity (Wildman–Crippen MR) is 77.0 cm³/mol. The summed E-state index contributed by atoms with van der Waals surface area (Å²) in [6.45, 7) is 4.70. The Morgan fingerprint density at radius 2 is 2.00 bits per heavy atom. The summed E-state index contributed by atoms with van der Waals surface area (Å²) in [4.78, 5) is 22.2. The second-order valence-electron chi connectivity index (χ2n) is 5.46. The Labute approximate surface area is 123 Å². The minimum Gasteiger partial charge on any atom is -0.496 e. The molecule has 0 aliphatic carbocycles. The van der Waals surface area contributed by atoms with Crippen molar-refractivity contribution in [2.24, 2.45) is 0 Å². The maximum atomic E-state index is 11.8. The Hall–Kier alpha value is -2.31. The Bertz CT molecular complexity index is 510. The van der Waals surface area contributed by atoms with Gasteiger partial charge in [-0.25, -0.2) is 4.79 Å². The monoisotopic (exact) mass is 296 g/mol. The van der Waals surface area contributed by atoms with E-state index in [1.165, 1.54) is 7.11 Å². The summed E-state index contributed by atoms with van der Waals surface area (Å²) < 4.78 is 10.3. The van der Waals surface area contributed by atoms with Crippen LogP contribution in [0.15, 0.2) is 24.3 Å². The normalized spacial score (nSPS) is 12.4. The summed E-state index contributed by atoms with van der Waals surface area (Å²) in [5, 5.41) is 13.3. The van der Waals surface area contributed by atoms with Gasteiger partial charge in [0.15, 0.2) is 0 Å². The van der Waals surface area contributed by atoms with Crippen LogP contribution in [0.25, 0.3) is 0 Å². The summed E-state index contributed by atoms with van der Waals surface area (Å²) in [7, 11) is 1.47. The number of rotatable bonds is 5. The molecule has 21 heavy (non-hydrogen) atoms. The van der Waals surface area contributed by atoms with Crippen molar-refractivity contribution in [1.29, 1.82) is 0 Å². The maximum Gasteiger partial charge on any atom is 0.408 e. The quantitative estimate of drug-likeness (QED) is 0.666. The van der Waals surface area contributed by atoms with Crippen LogP contribution in [0.1, 0.15) is 32.4 Å². The van der Waals surface area contributed by atoms with Gasteiger partial charge in [0.25, 0.3) is 0 Å². The largest absolute Gasteiger partial charge is 0.496 e. The fourth-order valence-corrected chi connectivity index (χ4v) is 1.77. The van der Waals surface area contributed by atoms with Gasteiger partial charge in [-0.3, -0.25) is 10.1 Å². The highest BCUT2D eigenvalue weighted by molar-refractivity contribution is 5.68. The molecule has 0 bridgehead atoms. The van der Waals surface area contributed by atoms with Gasteiger partial charge in [0, 0.05) is 10.5 Å². The van der Waals surface area contributed by atoms with Crippen molar-refractivity contribution < 1.29 is 19.2 Å². The zero-order chi connectivity index (χ0) is 16.0. The Morgan fingerprint density at radius 1 is 1.38 bits per heavy atom. The van der Waals surface area contributed by atoms with E-state index in [1.807, 2.05) is 0 Å². The minimum atomic E-state index is -0.828. The molecule has 1 unspecified atom stereocenters. The number of amides is 1. The van der Waals surface area contributed by atoms with Crippen LogP contribution in [0, 0.1) is 10.1 Å². The Balaban J connectivity index is 2.95. The van der Waals surface area contributed by atoms with Crippen LogP contribution < -0.4 is 10.1 Å². The summed E-state index contributed by atoms with van der Waals surface area (Å²) in [6, 6.07) is 6.00. The van der Waals surface area contributed by atoms with E-state index in [2.05, 4.69) is 5.32 Å². The number of benzene rings is 1. The van der Waals surface area contributed by atoms with Crippen LogP contribution in [0.2, 0.25) is 0 Å². The lowest BCUT2D eigenvalue weighted by molar-refractivity contribution is -0.484. The van der Waals surface area contributed by atoms with Crippen molar-refractivity contribution in [3.63, 3.8) is 0 Å². The average Bonchev–Trinajstić information content (AvgIpc) is 2.35. The number of carbonyl (C=O) groups excluding carboxylic acids is 1. The number of hydrogen-bond donors (Lipinski definition) is 1. The van der Waals surface area contributed by atoms with Gasteiger partial charge in [0.2, 0.25) is 6.54 Å². The molecule has 0 aromatic heterocycles. The van der Waals surface area contributed by atoms with Crippen molar-refractivity contribution in [2.45, 2.75) is 32.4 Å². The van der Waals surface area contributed by atoms with E-state index >= 15 is 0 Å². The second-order valence-corrected chi connectivity index (χ2v) is 5.46. The van der Waals surface area contributed by atoms with E-state index in [4.69, 9.17) is 9.47 Å². The SMILES string of the molecule is COc1ccccc1C(C[N+](=O)[O-])NC(=O)OC(C)(C)C. The number of methoxy groups -OCH3 is 1. The summed E-state index contributed by atoms with van der Waals surface area (Å²) in [6.07, 6.45) is -0.708. The highest BCUT2D eigenvalue weighted by atomic mass is 16.6. The van der Waals surface area contributed by atoms with Crippen LogP contribution in [0.5, 0.6) is 5.75 Å². The minimum absolute atomic E-state index is 0.459. The molecule has 0 saturated carbocycles. The average molecular weight is 296 g/mol. The van der Waals surface area contributed by atoms with E-state index in [-0.39, 0.29) is 0 Å². The number of nitrogens with zero attached hydrogens (tertiary/aromatic N) is 1. The van der Waals surface area contributed by atoms with Crippen LogP contribution in [0.4, 0.5) is 4.79 Å². The number of ether oxygens (including phenoxy) is 2. The lowest BCUT2D eigenvalue weighted by Gasteiger charge is -2.23. The number of nitro groups is 1. The van der Waals surface area contributed by atoms with Gasteiger partial charge in [-0.15, -0.1) is 0 Å². The number of carbonyl (C=O) groups is 1. The molecule has 1 aromatic carbocycles. The molecule has 0 aliphatic rings. The molecule has 1 aromatic rings. The van der Waals surface area contributed by atoms with E-state index in [0.717, 1.165) is 0 Å². The topological polar surface area (TPSA) is 90.7 Å². The summed E-state index contributed by atoms with van der Waals surface area (Å²) >= 11 is 0. The first kappa shape index (κ1) is 16.7. The predicted octanol–water partition coefficient (Wildman–Crippen LogP) is 2.54. The van der Waals surface area contributed by atoms with Crippen LogP contribution >= 0.6 is 0 Å². The number of para-hydroxylation sites is 1. The highest BCUT2D eigenvalue weighted by Gasteiger charge is 2.26. The highest BCUT2D eigenvalue weighted by Crippen LogP contribution is 2.25. The van der Waals surface area contributed by atoms with Crippen molar-refractivity contribution >= 4 is 6.09 Å². The van der Waals surface area contributed by atoms with Crippen molar-refractivity contribution in [3.05, 3.63) is 39.9 Å². The first-order valence-corrected chi connectivity index (χ1v) is 6.47. The molecular formula is C14H20N2O5. The van der Waals surface area contributed by atoms with E-state index in [1.54, 1.807) is 45.0 Å². The molecule has 1 atom stereocenters. The fraction of sp³-hybridized carbons (Fsp3) is 0.500. The molecule has 1 rings (SSSR count). The lowest BCUT2D eigenvalue weighted by atomic mass is 10.1. The Morgan fingerprint density at radius 3 is 2.52 bits per heavy atom. The van der Waals surface area contributed by atoms with Crippen LogP contribution in [-0.4, -0.2) is 30.3 Å². The summed E-state index contributed by atoms with van der Waals surface area (Å²) in [5.41, 5.74) is -0.146. The third kappa shape index (κ3) is 5.68. The molecule has 116 valence electrons. The van der Waals surface area contributed by atoms with Gasteiger partial charge in [-0.1, -0.05) is 18.2 Å². The molecule has 0 heterocycles. The van der Waals surface area contributed by atoms with E-state index in [9.17, 15) is 14.9 Å². The molecule has 0 radical (unpaired) electrons. The molecule has 0 spiro atoms. The number of alkyl carbamates (subject to hydrolysis) is 1. The zero-order valence-electron chi connectivity index (χ0n) is 12.6. The zero-order valence-corrected chi connectivity index (χ0v) is 12.6. The standard InChI is InChI=1S/C14H20N2O5/c1-14(2,3)21-13(17)15-11(9-16(18)19)10-7-5-6-8-12(10)20-4/h5-8,11H,9H2,1-4H3,(H,15,17). The van der Waals surface area contributed by atoms with Gasteiger partial charge < -0.3 is 14.8 Å². The van der Waals surface area contributed by atoms with E-state index < -0.39 is 29.2 Å². The molecule has 0 fully saturated rings. The van der Waals surface area contributed by atoms with Gasteiger partial charge in [-0.2, -0.15) is 0 Å². The molecular weight excluding hydrogens is 276 g/mol. The molecule has 1 amide bonds. The molecule has 7 nitrogen and oxygen atoms in total. The number of hydrogen-bond acceptors (Lipinski definition) is 5. The lowest BCUT2D eigenvalue weighted by Crippen LogP contribution is -2.37. The first-order valence-electron chi connectivity index (χ1n) is 6.47. The van der Waals surface area contributed by atoms with Crippen LogP contribution in [0.3, 0.4) is 0 Å². The van der Waals surface area contributed by atoms with Gasteiger partial charge >= 0.3 is 6.09 Å². The van der Waals surface area contributed by atoms with Crippen molar-refractivity contribution in [1.82, 2.24) is 5.32 Å². The van der Waals surface area contributed by atoms with Gasteiger partial charge in [-0.05, 0) is 26.8 Å². The van der Waals surface area contributed by atoms with Gasteiger partial charge in [0.1, 0.15) is 17.4 Å². The Kier molecular flexibility index (Phi) is 5.52. The third-order valence-corrected chi connectivity index (χ3v) is 2.54. The van der Waals surface area contributed by atoms with Crippen LogP contribution in [-0.2, 0) is 4.74 Å². The number of nitrogens with one attached hydrogen (secondary N) is 1. The van der Waals surface area contributed by atoms with E-state index in [0.29, 0.717) is 11.3 Å². The molecule has 1 N–H and O–H groups in total. The first-order chi connectivity index (χ1) is 9.73. The maximum absolute atomic E-state index is 11.8. The van der Waals surface area contributed by atoms with Crippen molar-refractivity contribution in [2.75, 3.05) is 13.7 Å². The smallest absolute Gasteiger partial charge is 0.408 e. The van der Waals surface area contributed by atoms with Gasteiger partial charge in [0.05, 0.1) is 7.11 Å². The fourth-order valence-electron chi connectivity index (χ4n) is 1.77. The summed E-state index contributed by atoms with van der Waals surface area (Å²) in [5.74, 6) is 0.473. The van der Waals surface area contributed by atoms with Crippen molar-refractivity contribution in [3.8, 4) is 5.75 Å². The molecule has 7 heteroatoms. The molecule has 0 saturated heterocycles. The molecule has 0 aliphatic heterocycles. The third-order valence-electron chi connectivity index (χ3n) is 2.54. The second kappa shape index (κ2) is 6.92.